The molecule has 4 nitrogen and oxygen atoms in total. The normalized spacial score (nSPS) is 10.6. The second kappa shape index (κ2) is 5.68. The highest BCUT2D eigenvalue weighted by atomic mass is 35.5. The molecule has 0 saturated heterocycles. The number of fused-ring (bicyclic) bond motifs is 1. The molecule has 3 aromatic rings. The van der Waals surface area contributed by atoms with Gasteiger partial charge in [0.15, 0.2) is 0 Å². The van der Waals surface area contributed by atoms with E-state index in [-0.39, 0.29) is 5.91 Å². The first-order valence-electron chi connectivity index (χ1n) is 6.11. The minimum absolute atomic E-state index is 0.315. The monoisotopic (exact) mass is 317 g/mol. The number of pyridine rings is 2. The van der Waals surface area contributed by atoms with Crippen molar-refractivity contribution in [3.8, 4) is 0 Å². The first-order chi connectivity index (χ1) is 10.1. The molecule has 6 heteroatoms. The van der Waals surface area contributed by atoms with Gasteiger partial charge >= 0.3 is 0 Å². The SMILES string of the molecule is O=C(Nc1cc(Cl)ccn1)c1cnc(Cl)c2ccccc12. The van der Waals surface area contributed by atoms with Gasteiger partial charge in [-0.05, 0) is 17.5 Å². The van der Waals surface area contributed by atoms with Gasteiger partial charge in [0.2, 0.25) is 0 Å². The largest absolute Gasteiger partial charge is 0.306 e. The van der Waals surface area contributed by atoms with Crippen LogP contribution in [0.5, 0.6) is 0 Å². The van der Waals surface area contributed by atoms with Gasteiger partial charge in [-0.3, -0.25) is 4.79 Å². The summed E-state index contributed by atoms with van der Waals surface area (Å²) in [7, 11) is 0. The van der Waals surface area contributed by atoms with Gasteiger partial charge in [0.1, 0.15) is 11.0 Å². The van der Waals surface area contributed by atoms with Crippen molar-refractivity contribution in [2.45, 2.75) is 0 Å². The van der Waals surface area contributed by atoms with Crippen LogP contribution in [0.1, 0.15) is 10.4 Å². The highest BCUT2D eigenvalue weighted by molar-refractivity contribution is 6.35. The fraction of sp³-hybridized carbons (Fsp3) is 0. The lowest BCUT2D eigenvalue weighted by molar-refractivity contribution is 0.102. The fourth-order valence-corrected chi connectivity index (χ4v) is 2.37. The van der Waals surface area contributed by atoms with E-state index in [4.69, 9.17) is 23.2 Å². The van der Waals surface area contributed by atoms with Crippen molar-refractivity contribution in [2.24, 2.45) is 0 Å². The Morgan fingerprint density at radius 1 is 1.05 bits per heavy atom. The molecule has 0 unspecified atom stereocenters. The van der Waals surface area contributed by atoms with E-state index in [0.29, 0.717) is 21.6 Å². The molecular weight excluding hydrogens is 309 g/mol. The van der Waals surface area contributed by atoms with Crippen molar-refractivity contribution >= 4 is 45.7 Å². The first kappa shape index (κ1) is 13.8. The van der Waals surface area contributed by atoms with Crippen LogP contribution in [0.25, 0.3) is 10.8 Å². The topological polar surface area (TPSA) is 54.9 Å². The Balaban J connectivity index is 2.01. The lowest BCUT2D eigenvalue weighted by Crippen LogP contribution is -2.13. The fourth-order valence-electron chi connectivity index (χ4n) is 2.00. The summed E-state index contributed by atoms with van der Waals surface area (Å²) in [5.41, 5.74) is 0.428. The molecule has 0 bridgehead atoms. The highest BCUT2D eigenvalue weighted by Crippen LogP contribution is 2.24. The predicted octanol–water partition coefficient (Wildman–Crippen LogP) is 4.19. The molecule has 2 aromatic heterocycles. The number of aromatic nitrogens is 2. The van der Waals surface area contributed by atoms with Gasteiger partial charge in [-0.15, -0.1) is 0 Å². The molecule has 0 aliphatic rings. The lowest BCUT2D eigenvalue weighted by Gasteiger charge is -2.08. The third-order valence-electron chi connectivity index (χ3n) is 2.95. The minimum atomic E-state index is -0.315. The van der Waals surface area contributed by atoms with Crippen LogP contribution in [0, 0.1) is 0 Å². The van der Waals surface area contributed by atoms with E-state index in [0.717, 1.165) is 10.8 Å². The number of hydrogen-bond acceptors (Lipinski definition) is 3. The number of benzene rings is 1. The van der Waals surface area contributed by atoms with Crippen LogP contribution in [0.4, 0.5) is 5.82 Å². The number of carbonyl (C=O) groups is 1. The van der Waals surface area contributed by atoms with Crippen LogP contribution in [-0.2, 0) is 0 Å². The van der Waals surface area contributed by atoms with Gasteiger partial charge < -0.3 is 5.32 Å². The van der Waals surface area contributed by atoms with Crippen LogP contribution >= 0.6 is 23.2 Å². The summed E-state index contributed by atoms with van der Waals surface area (Å²) in [6.07, 6.45) is 2.97. The summed E-state index contributed by atoms with van der Waals surface area (Å²) in [6.45, 7) is 0. The quantitative estimate of drug-likeness (QED) is 0.721. The van der Waals surface area contributed by atoms with E-state index in [2.05, 4.69) is 15.3 Å². The Hall–Kier alpha value is -2.17. The second-order valence-electron chi connectivity index (χ2n) is 4.32. The van der Waals surface area contributed by atoms with E-state index in [1.807, 2.05) is 24.3 Å². The molecule has 0 aliphatic carbocycles. The van der Waals surface area contributed by atoms with Crippen LogP contribution in [0.2, 0.25) is 10.2 Å². The average molecular weight is 318 g/mol. The molecule has 0 saturated carbocycles. The van der Waals surface area contributed by atoms with E-state index >= 15 is 0 Å². The Bertz CT molecular complexity index is 836. The number of anilines is 1. The van der Waals surface area contributed by atoms with Crippen molar-refractivity contribution in [3.05, 3.63) is 64.5 Å². The molecule has 0 atom stereocenters. The maximum Gasteiger partial charge on any atom is 0.259 e. The van der Waals surface area contributed by atoms with Crippen LogP contribution in [0.15, 0.2) is 48.8 Å². The molecule has 0 fully saturated rings. The molecule has 21 heavy (non-hydrogen) atoms. The molecule has 2 heterocycles. The first-order valence-corrected chi connectivity index (χ1v) is 6.87. The number of nitrogens with one attached hydrogen (secondary N) is 1. The number of amides is 1. The van der Waals surface area contributed by atoms with Crippen molar-refractivity contribution in [2.75, 3.05) is 5.32 Å². The molecule has 1 N–H and O–H groups in total. The molecule has 0 radical (unpaired) electrons. The van der Waals surface area contributed by atoms with Gasteiger partial charge in [0.25, 0.3) is 5.91 Å². The van der Waals surface area contributed by atoms with Crippen molar-refractivity contribution in [1.82, 2.24) is 9.97 Å². The smallest absolute Gasteiger partial charge is 0.259 e. The second-order valence-corrected chi connectivity index (χ2v) is 5.12. The Morgan fingerprint density at radius 3 is 2.57 bits per heavy atom. The van der Waals surface area contributed by atoms with Crippen molar-refractivity contribution in [3.63, 3.8) is 0 Å². The average Bonchev–Trinajstić information content (AvgIpc) is 2.48. The van der Waals surface area contributed by atoms with Crippen LogP contribution < -0.4 is 5.32 Å². The Morgan fingerprint density at radius 2 is 1.81 bits per heavy atom. The Kier molecular flexibility index (Phi) is 3.73. The number of nitrogens with zero attached hydrogens (tertiary/aromatic N) is 2. The van der Waals surface area contributed by atoms with E-state index in [1.165, 1.54) is 12.4 Å². The minimum Gasteiger partial charge on any atom is -0.306 e. The predicted molar refractivity (Wildman–Crippen MR) is 84.0 cm³/mol. The number of hydrogen-bond donors (Lipinski definition) is 1. The molecule has 1 aromatic carbocycles. The molecule has 104 valence electrons. The van der Waals surface area contributed by atoms with E-state index < -0.39 is 0 Å². The third kappa shape index (κ3) is 2.82. The maximum atomic E-state index is 12.4. The number of halogens is 2. The lowest BCUT2D eigenvalue weighted by atomic mass is 10.1. The van der Waals surface area contributed by atoms with E-state index in [9.17, 15) is 4.79 Å². The molecule has 1 amide bonds. The Labute approximate surface area is 130 Å². The summed E-state index contributed by atoms with van der Waals surface area (Å²) in [6, 6.07) is 10.5. The van der Waals surface area contributed by atoms with Gasteiger partial charge in [-0.1, -0.05) is 47.5 Å². The van der Waals surface area contributed by atoms with Crippen molar-refractivity contribution in [1.29, 1.82) is 0 Å². The maximum absolute atomic E-state index is 12.4. The van der Waals surface area contributed by atoms with Crippen LogP contribution in [-0.4, -0.2) is 15.9 Å². The third-order valence-corrected chi connectivity index (χ3v) is 3.49. The summed E-state index contributed by atoms with van der Waals surface area (Å²) < 4.78 is 0. The van der Waals surface area contributed by atoms with Crippen LogP contribution in [0.3, 0.4) is 0 Å². The standard InChI is InChI=1S/C15H9Cl2N3O/c16-9-5-6-18-13(7-9)20-15(21)12-8-19-14(17)11-4-2-1-3-10(11)12/h1-8H,(H,18,20,21). The van der Waals surface area contributed by atoms with Crippen molar-refractivity contribution < 1.29 is 4.79 Å². The zero-order valence-corrected chi connectivity index (χ0v) is 12.2. The molecule has 0 spiro atoms. The zero-order valence-electron chi connectivity index (χ0n) is 10.7. The summed E-state index contributed by atoms with van der Waals surface area (Å²) in [5, 5.41) is 5.02. The van der Waals surface area contributed by atoms with E-state index in [1.54, 1.807) is 12.1 Å². The summed E-state index contributed by atoms with van der Waals surface area (Å²) in [5.74, 6) is 0.0664. The summed E-state index contributed by atoms with van der Waals surface area (Å²) >= 11 is 11.9. The van der Waals surface area contributed by atoms with Gasteiger partial charge in [-0.25, -0.2) is 9.97 Å². The van der Waals surface area contributed by atoms with Gasteiger partial charge in [0.05, 0.1) is 5.56 Å². The molecule has 3 rings (SSSR count). The number of rotatable bonds is 2. The molecule has 0 aliphatic heterocycles. The molecular formula is C15H9Cl2N3O. The van der Waals surface area contributed by atoms with Gasteiger partial charge in [0, 0.05) is 22.8 Å². The zero-order chi connectivity index (χ0) is 14.8. The summed E-state index contributed by atoms with van der Waals surface area (Å²) in [4.78, 5) is 20.5. The highest BCUT2D eigenvalue weighted by Gasteiger charge is 2.13. The van der Waals surface area contributed by atoms with Gasteiger partial charge in [-0.2, -0.15) is 0 Å². The number of carbonyl (C=O) groups excluding carboxylic acids is 1.